The van der Waals surface area contributed by atoms with Gasteiger partial charge in [-0.2, -0.15) is 0 Å². The zero-order chi connectivity index (χ0) is 20.3. The summed E-state index contributed by atoms with van der Waals surface area (Å²) in [7, 11) is 1.41. The first kappa shape index (κ1) is 19.3. The Morgan fingerprint density at radius 2 is 2.00 bits per heavy atom. The van der Waals surface area contributed by atoms with Crippen molar-refractivity contribution in [2.24, 2.45) is 5.92 Å². The number of carbonyl (C=O) groups excluding carboxylic acids is 2. The van der Waals surface area contributed by atoms with Gasteiger partial charge in [0.15, 0.2) is 0 Å². The highest BCUT2D eigenvalue weighted by Gasteiger charge is 2.35. The van der Waals surface area contributed by atoms with Gasteiger partial charge in [-0.1, -0.05) is 19.1 Å². The fourth-order valence-corrected chi connectivity index (χ4v) is 3.17. The normalized spacial score (nSPS) is 16.1. The number of nitrogens with zero attached hydrogens (tertiary/aromatic N) is 2. The van der Waals surface area contributed by atoms with Gasteiger partial charge in [-0.25, -0.2) is 0 Å². The first-order valence-electron chi connectivity index (χ1n) is 8.95. The Morgan fingerprint density at radius 1 is 1.29 bits per heavy atom. The first-order chi connectivity index (χ1) is 13.4. The van der Waals surface area contributed by atoms with Crippen LogP contribution in [0.5, 0.6) is 5.75 Å². The van der Waals surface area contributed by atoms with Crippen molar-refractivity contribution in [2.45, 2.75) is 19.8 Å². The summed E-state index contributed by atoms with van der Waals surface area (Å²) in [6, 6.07) is 11.8. The lowest BCUT2D eigenvalue weighted by atomic mass is 10.1. The molecule has 1 heterocycles. The summed E-state index contributed by atoms with van der Waals surface area (Å²) in [5.74, 6) is -0.828. The number of nitro groups is 1. The lowest BCUT2D eigenvalue weighted by Crippen LogP contribution is -2.28. The smallest absolute Gasteiger partial charge is 0.296 e. The molecule has 1 aliphatic heterocycles. The first-order valence-corrected chi connectivity index (χ1v) is 8.95. The van der Waals surface area contributed by atoms with Crippen LogP contribution in [0.3, 0.4) is 0 Å². The number of hydrogen-bond acceptors (Lipinski definition) is 5. The summed E-state index contributed by atoms with van der Waals surface area (Å²) >= 11 is 0. The van der Waals surface area contributed by atoms with E-state index in [1.54, 1.807) is 4.90 Å². The summed E-state index contributed by atoms with van der Waals surface area (Å²) in [5, 5.41) is 13.9. The molecule has 0 aliphatic carbocycles. The molecule has 0 spiro atoms. The molecule has 146 valence electrons. The largest absolute Gasteiger partial charge is 0.496 e. The van der Waals surface area contributed by atoms with Gasteiger partial charge in [0, 0.05) is 18.7 Å². The topological polar surface area (TPSA) is 102 Å². The summed E-state index contributed by atoms with van der Waals surface area (Å²) in [4.78, 5) is 37.3. The number of nitrogens with one attached hydrogen (secondary N) is 1. The third-order valence-corrected chi connectivity index (χ3v) is 4.81. The van der Waals surface area contributed by atoms with E-state index in [1.807, 2.05) is 24.3 Å². The number of methoxy groups -OCH3 is 1. The van der Waals surface area contributed by atoms with Gasteiger partial charge in [0.25, 0.3) is 5.69 Å². The van der Waals surface area contributed by atoms with Crippen LogP contribution in [0.2, 0.25) is 0 Å². The van der Waals surface area contributed by atoms with E-state index in [2.05, 4.69) is 12.2 Å². The lowest BCUT2D eigenvalue weighted by Gasteiger charge is -2.17. The van der Waals surface area contributed by atoms with Crippen molar-refractivity contribution in [1.29, 1.82) is 0 Å². The number of benzene rings is 2. The molecule has 0 bridgehead atoms. The molecule has 28 heavy (non-hydrogen) atoms. The Labute approximate surface area is 162 Å². The number of anilines is 2. The molecule has 8 heteroatoms. The maximum Gasteiger partial charge on any atom is 0.296 e. The number of hydrogen-bond donors (Lipinski definition) is 1. The van der Waals surface area contributed by atoms with Gasteiger partial charge in [0.1, 0.15) is 11.4 Å². The third kappa shape index (κ3) is 3.95. The molecule has 0 saturated carbocycles. The predicted molar refractivity (Wildman–Crippen MR) is 105 cm³/mol. The van der Waals surface area contributed by atoms with Crippen molar-refractivity contribution < 1.29 is 19.2 Å². The number of rotatable bonds is 6. The molecule has 0 radical (unpaired) electrons. The summed E-state index contributed by atoms with van der Waals surface area (Å²) < 4.78 is 4.99. The van der Waals surface area contributed by atoms with E-state index in [-0.39, 0.29) is 30.2 Å². The molecule has 1 N–H and O–H groups in total. The number of amides is 2. The Bertz CT molecular complexity index is 911. The van der Waals surface area contributed by atoms with E-state index in [1.165, 1.54) is 25.3 Å². The zero-order valence-corrected chi connectivity index (χ0v) is 15.7. The second-order valence-corrected chi connectivity index (χ2v) is 6.55. The van der Waals surface area contributed by atoms with Gasteiger partial charge in [-0.15, -0.1) is 0 Å². The van der Waals surface area contributed by atoms with Crippen LogP contribution in [-0.4, -0.2) is 30.4 Å². The highest BCUT2D eigenvalue weighted by molar-refractivity contribution is 6.04. The average molecular weight is 383 g/mol. The molecular formula is C20H21N3O5. The molecule has 2 amide bonds. The van der Waals surface area contributed by atoms with Gasteiger partial charge in [-0.05, 0) is 36.2 Å². The van der Waals surface area contributed by atoms with Crippen LogP contribution in [0.25, 0.3) is 0 Å². The maximum atomic E-state index is 12.6. The molecule has 1 atom stereocenters. The number of carbonyl (C=O) groups is 2. The molecule has 2 aromatic carbocycles. The van der Waals surface area contributed by atoms with Crippen LogP contribution in [0, 0.1) is 16.0 Å². The Balaban J connectivity index is 1.73. The second-order valence-electron chi connectivity index (χ2n) is 6.55. The quantitative estimate of drug-likeness (QED) is 0.610. The van der Waals surface area contributed by atoms with Crippen molar-refractivity contribution in [1.82, 2.24) is 0 Å². The van der Waals surface area contributed by atoms with Crippen molar-refractivity contribution >= 4 is 28.9 Å². The molecule has 1 fully saturated rings. The number of aryl methyl sites for hydroxylation is 1. The van der Waals surface area contributed by atoms with E-state index < -0.39 is 16.7 Å². The van der Waals surface area contributed by atoms with E-state index in [9.17, 15) is 19.7 Å². The molecule has 8 nitrogen and oxygen atoms in total. The fraction of sp³-hybridized carbons (Fsp3) is 0.300. The van der Waals surface area contributed by atoms with Crippen LogP contribution in [0.15, 0.2) is 42.5 Å². The minimum atomic E-state index is -0.584. The van der Waals surface area contributed by atoms with Gasteiger partial charge >= 0.3 is 0 Å². The Morgan fingerprint density at radius 3 is 2.61 bits per heavy atom. The molecule has 0 aromatic heterocycles. The molecule has 0 unspecified atom stereocenters. The van der Waals surface area contributed by atoms with Crippen molar-refractivity contribution in [3.05, 3.63) is 58.1 Å². The van der Waals surface area contributed by atoms with Gasteiger partial charge in [-0.3, -0.25) is 19.7 Å². The van der Waals surface area contributed by atoms with Gasteiger partial charge in [0.05, 0.1) is 24.0 Å². The van der Waals surface area contributed by atoms with E-state index in [4.69, 9.17) is 4.74 Å². The molecule has 1 aliphatic rings. The molecule has 1 saturated heterocycles. The van der Waals surface area contributed by atoms with Gasteiger partial charge in [0.2, 0.25) is 11.8 Å². The lowest BCUT2D eigenvalue weighted by molar-refractivity contribution is -0.384. The summed E-state index contributed by atoms with van der Waals surface area (Å²) in [6.07, 6.45) is 0.964. The van der Waals surface area contributed by atoms with Gasteiger partial charge < -0.3 is 15.0 Å². The monoisotopic (exact) mass is 383 g/mol. The van der Waals surface area contributed by atoms with Crippen LogP contribution in [0.1, 0.15) is 18.9 Å². The number of nitro benzene ring substituents is 1. The van der Waals surface area contributed by atoms with E-state index in [0.29, 0.717) is 5.75 Å². The minimum absolute atomic E-state index is 0.0608. The Kier molecular flexibility index (Phi) is 5.58. The highest BCUT2D eigenvalue weighted by Crippen LogP contribution is 2.31. The predicted octanol–water partition coefficient (Wildman–Crippen LogP) is 3.16. The average Bonchev–Trinajstić information content (AvgIpc) is 3.10. The van der Waals surface area contributed by atoms with Crippen molar-refractivity contribution in [3.8, 4) is 5.75 Å². The summed E-state index contributed by atoms with van der Waals surface area (Å²) in [6.45, 7) is 2.29. The van der Waals surface area contributed by atoms with E-state index in [0.717, 1.165) is 17.7 Å². The van der Waals surface area contributed by atoms with Crippen LogP contribution < -0.4 is 15.0 Å². The third-order valence-electron chi connectivity index (χ3n) is 4.81. The molecular weight excluding hydrogens is 362 g/mol. The summed E-state index contributed by atoms with van der Waals surface area (Å²) in [5.41, 5.74) is 1.72. The zero-order valence-electron chi connectivity index (χ0n) is 15.7. The standard InChI is InChI=1S/C20H21N3O5/c1-3-13-4-6-15(7-5-13)22-12-14(10-19(22)24)20(25)21-17-9-8-16(28-2)11-18(17)23(26)27/h4-9,11,14H,3,10,12H2,1-2H3,(H,21,25)/t14-/m0/s1. The fourth-order valence-electron chi connectivity index (χ4n) is 3.17. The van der Waals surface area contributed by atoms with Crippen LogP contribution in [0.4, 0.5) is 17.1 Å². The van der Waals surface area contributed by atoms with Crippen molar-refractivity contribution in [2.75, 3.05) is 23.9 Å². The SMILES string of the molecule is CCc1ccc(N2C[C@@H](C(=O)Nc3ccc(OC)cc3[N+](=O)[O-])CC2=O)cc1. The van der Waals surface area contributed by atoms with Crippen LogP contribution >= 0.6 is 0 Å². The minimum Gasteiger partial charge on any atom is -0.496 e. The Hall–Kier alpha value is -3.42. The molecule has 2 aromatic rings. The second kappa shape index (κ2) is 8.08. The van der Waals surface area contributed by atoms with Crippen LogP contribution in [-0.2, 0) is 16.0 Å². The molecule has 3 rings (SSSR count). The maximum absolute atomic E-state index is 12.6. The van der Waals surface area contributed by atoms with E-state index >= 15 is 0 Å². The number of ether oxygens (including phenoxy) is 1. The highest BCUT2D eigenvalue weighted by atomic mass is 16.6. The van der Waals surface area contributed by atoms with Crippen molar-refractivity contribution in [3.63, 3.8) is 0 Å².